The molecular weight excluding hydrogens is 436 g/mol. The largest absolute Gasteiger partial charge is 0.378 e. The smallest absolute Gasteiger partial charge is 0.256 e. The van der Waals surface area contributed by atoms with Crippen LogP contribution in [-0.4, -0.2) is 45.1 Å². The van der Waals surface area contributed by atoms with Crippen LogP contribution in [0.1, 0.15) is 24.5 Å². The van der Waals surface area contributed by atoms with E-state index in [1.807, 2.05) is 18.2 Å². The van der Waals surface area contributed by atoms with Gasteiger partial charge in [0.25, 0.3) is 5.91 Å². The van der Waals surface area contributed by atoms with E-state index in [0.717, 1.165) is 21.1 Å². The number of anilines is 1. The molecule has 150 valence electrons. The number of carbonyl (C=O) groups excluding carboxylic acids is 2. The number of amides is 2. The number of aromatic amines is 1. The van der Waals surface area contributed by atoms with Gasteiger partial charge in [0.2, 0.25) is 5.91 Å². The minimum absolute atomic E-state index is 0.0478. The molecule has 3 N–H and O–H groups in total. The number of halogens is 1. The number of nitrogens with one attached hydrogen (secondary N) is 2. The summed E-state index contributed by atoms with van der Waals surface area (Å²) in [6.45, 7) is 0.899. The van der Waals surface area contributed by atoms with Crippen molar-refractivity contribution in [1.29, 1.82) is 0 Å². The molecule has 4 rings (SSSR count). The fraction of sp³-hybridized carbons (Fsp3) is 0.286. The van der Waals surface area contributed by atoms with Crippen LogP contribution < -0.4 is 5.32 Å². The van der Waals surface area contributed by atoms with Gasteiger partial charge in [-0.1, -0.05) is 28.1 Å². The van der Waals surface area contributed by atoms with Crippen LogP contribution in [0.25, 0.3) is 10.9 Å². The van der Waals surface area contributed by atoms with Crippen molar-refractivity contribution in [3.8, 4) is 0 Å². The standard InChI is InChI=1S/C21H21BrN4O3/c22-16-3-1-13(2-4-16)19(27)21(29)26-9-7-14(8-10-26)20(28)24-17-5-6-18-15(11-17)12-23-25-18/h1-6,11-12,14,19,27H,7-10H2,(H,23,25)(H,24,28). The molecule has 1 fully saturated rings. The highest BCUT2D eigenvalue weighted by molar-refractivity contribution is 9.10. The third kappa shape index (κ3) is 4.33. The van der Waals surface area contributed by atoms with Gasteiger partial charge in [0, 0.05) is 34.6 Å². The Morgan fingerprint density at radius 3 is 2.62 bits per heavy atom. The third-order valence-electron chi connectivity index (χ3n) is 5.30. The Hall–Kier alpha value is -2.71. The summed E-state index contributed by atoms with van der Waals surface area (Å²) in [5, 5.41) is 21.1. The van der Waals surface area contributed by atoms with Crippen LogP contribution >= 0.6 is 15.9 Å². The van der Waals surface area contributed by atoms with Crippen LogP contribution in [-0.2, 0) is 9.59 Å². The van der Waals surface area contributed by atoms with Gasteiger partial charge in [0.05, 0.1) is 11.7 Å². The first-order valence-electron chi connectivity index (χ1n) is 9.47. The van der Waals surface area contributed by atoms with Crippen LogP contribution in [0.3, 0.4) is 0 Å². The Morgan fingerprint density at radius 1 is 1.17 bits per heavy atom. The minimum atomic E-state index is -1.19. The predicted molar refractivity (Wildman–Crippen MR) is 113 cm³/mol. The van der Waals surface area contributed by atoms with E-state index in [1.54, 1.807) is 35.4 Å². The number of benzene rings is 2. The molecule has 2 amide bonds. The molecule has 1 aromatic heterocycles. The fourth-order valence-corrected chi connectivity index (χ4v) is 3.85. The summed E-state index contributed by atoms with van der Waals surface area (Å²) in [7, 11) is 0. The second-order valence-electron chi connectivity index (χ2n) is 7.21. The Morgan fingerprint density at radius 2 is 1.90 bits per heavy atom. The van der Waals surface area contributed by atoms with Crippen molar-refractivity contribution in [2.75, 3.05) is 18.4 Å². The van der Waals surface area contributed by atoms with Gasteiger partial charge >= 0.3 is 0 Å². The molecule has 8 heteroatoms. The van der Waals surface area contributed by atoms with Gasteiger partial charge in [-0.15, -0.1) is 0 Å². The molecule has 0 saturated carbocycles. The maximum Gasteiger partial charge on any atom is 0.256 e. The number of hydrogen-bond donors (Lipinski definition) is 3. The molecule has 1 unspecified atom stereocenters. The molecule has 0 aliphatic carbocycles. The van der Waals surface area contributed by atoms with E-state index < -0.39 is 6.10 Å². The number of H-pyrrole nitrogens is 1. The number of aromatic nitrogens is 2. The number of hydrogen-bond acceptors (Lipinski definition) is 4. The van der Waals surface area contributed by atoms with Gasteiger partial charge in [-0.05, 0) is 48.7 Å². The summed E-state index contributed by atoms with van der Waals surface area (Å²) in [5.74, 6) is -0.533. The van der Waals surface area contributed by atoms with Crippen LogP contribution in [0, 0.1) is 5.92 Å². The van der Waals surface area contributed by atoms with Crippen molar-refractivity contribution in [1.82, 2.24) is 15.1 Å². The topological polar surface area (TPSA) is 98.3 Å². The zero-order chi connectivity index (χ0) is 20.4. The van der Waals surface area contributed by atoms with E-state index >= 15 is 0 Å². The van der Waals surface area contributed by atoms with E-state index in [4.69, 9.17) is 0 Å². The number of aliphatic hydroxyl groups is 1. The molecule has 0 bridgehead atoms. The van der Waals surface area contributed by atoms with Gasteiger partial charge in [-0.2, -0.15) is 5.10 Å². The Kier molecular flexibility index (Phi) is 5.64. The molecule has 0 radical (unpaired) electrons. The van der Waals surface area contributed by atoms with E-state index in [1.165, 1.54) is 0 Å². The predicted octanol–water partition coefficient (Wildman–Crippen LogP) is 3.24. The zero-order valence-electron chi connectivity index (χ0n) is 15.6. The second kappa shape index (κ2) is 8.34. The molecule has 1 saturated heterocycles. The van der Waals surface area contributed by atoms with Gasteiger partial charge < -0.3 is 15.3 Å². The van der Waals surface area contributed by atoms with Crippen molar-refractivity contribution in [3.05, 3.63) is 58.7 Å². The molecule has 1 aliphatic rings. The molecule has 7 nitrogen and oxygen atoms in total. The number of likely N-dealkylation sites (tertiary alicyclic amines) is 1. The number of rotatable bonds is 4. The number of nitrogens with zero attached hydrogens (tertiary/aromatic N) is 2. The number of fused-ring (bicyclic) bond motifs is 1. The first-order chi connectivity index (χ1) is 14.0. The number of carbonyl (C=O) groups is 2. The Labute approximate surface area is 176 Å². The van der Waals surface area contributed by atoms with Crippen LogP contribution in [0.15, 0.2) is 53.1 Å². The zero-order valence-corrected chi connectivity index (χ0v) is 17.2. The van der Waals surface area contributed by atoms with E-state index in [2.05, 4.69) is 31.4 Å². The highest BCUT2D eigenvalue weighted by atomic mass is 79.9. The van der Waals surface area contributed by atoms with E-state index in [9.17, 15) is 14.7 Å². The normalized spacial score (nSPS) is 16.0. The van der Waals surface area contributed by atoms with Crippen LogP contribution in [0.4, 0.5) is 5.69 Å². The molecule has 2 heterocycles. The maximum absolute atomic E-state index is 12.6. The van der Waals surface area contributed by atoms with Gasteiger partial charge in [-0.3, -0.25) is 14.7 Å². The highest BCUT2D eigenvalue weighted by Gasteiger charge is 2.30. The SMILES string of the molecule is O=C(Nc1ccc2[nH]ncc2c1)C1CCN(C(=O)C(O)c2ccc(Br)cc2)CC1. The fourth-order valence-electron chi connectivity index (χ4n) is 3.59. The summed E-state index contributed by atoms with van der Waals surface area (Å²) >= 11 is 3.34. The van der Waals surface area contributed by atoms with Crippen molar-refractivity contribution >= 4 is 44.3 Å². The lowest BCUT2D eigenvalue weighted by molar-refractivity contribution is -0.143. The second-order valence-corrected chi connectivity index (χ2v) is 8.13. The summed E-state index contributed by atoms with van der Waals surface area (Å²) in [4.78, 5) is 26.9. The van der Waals surface area contributed by atoms with Crippen molar-refractivity contribution in [3.63, 3.8) is 0 Å². The van der Waals surface area contributed by atoms with Gasteiger partial charge in [0.15, 0.2) is 6.10 Å². The van der Waals surface area contributed by atoms with Gasteiger partial charge in [0.1, 0.15) is 0 Å². The van der Waals surface area contributed by atoms with Crippen LogP contribution in [0.5, 0.6) is 0 Å². The molecule has 1 atom stereocenters. The summed E-state index contributed by atoms with van der Waals surface area (Å²) < 4.78 is 0.889. The maximum atomic E-state index is 12.6. The first-order valence-corrected chi connectivity index (χ1v) is 10.3. The van der Waals surface area contributed by atoms with E-state index in [-0.39, 0.29) is 17.7 Å². The Balaban J connectivity index is 1.32. The molecule has 1 aliphatic heterocycles. The molecule has 29 heavy (non-hydrogen) atoms. The van der Waals surface area contributed by atoms with Crippen molar-refractivity contribution in [2.24, 2.45) is 5.92 Å². The summed E-state index contributed by atoms with van der Waals surface area (Å²) in [6.07, 6.45) is 1.67. The lowest BCUT2D eigenvalue weighted by Crippen LogP contribution is -2.43. The highest BCUT2D eigenvalue weighted by Crippen LogP contribution is 2.25. The minimum Gasteiger partial charge on any atom is -0.378 e. The first kappa shape index (κ1) is 19.6. The number of piperidine rings is 1. The van der Waals surface area contributed by atoms with Gasteiger partial charge in [-0.25, -0.2) is 0 Å². The molecule has 3 aromatic rings. The number of aliphatic hydroxyl groups excluding tert-OH is 1. The Bertz CT molecular complexity index is 1030. The quantitative estimate of drug-likeness (QED) is 0.560. The molecule has 2 aromatic carbocycles. The lowest BCUT2D eigenvalue weighted by Gasteiger charge is -2.32. The molecule has 0 spiro atoms. The average molecular weight is 457 g/mol. The lowest BCUT2D eigenvalue weighted by atomic mass is 9.95. The van der Waals surface area contributed by atoms with Crippen molar-refractivity contribution in [2.45, 2.75) is 18.9 Å². The summed E-state index contributed by atoms with van der Waals surface area (Å²) in [6, 6.07) is 12.6. The molecular formula is C21H21BrN4O3. The van der Waals surface area contributed by atoms with Crippen LogP contribution in [0.2, 0.25) is 0 Å². The summed E-state index contributed by atoms with van der Waals surface area (Å²) in [5.41, 5.74) is 2.21. The van der Waals surface area contributed by atoms with E-state index in [0.29, 0.717) is 31.5 Å². The third-order valence-corrected chi connectivity index (χ3v) is 5.83. The van der Waals surface area contributed by atoms with Crippen molar-refractivity contribution < 1.29 is 14.7 Å². The monoisotopic (exact) mass is 456 g/mol. The average Bonchev–Trinajstić information content (AvgIpc) is 3.21.